The highest BCUT2D eigenvalue weighted by Gasteiger charge is 2.21. The van der Waals surface area contributed by atoms with Gasteiger partial charge in [0.25, 0.3) is 0 Å². The number of aliphatic hydroxyl groups excluding tert-OH is 2. The molecular formula is C8H16N2O3. The molecule has 1 aliphatic rings. The van der Waals surface area contributed by atoms with E-state index in [-0.39, 0.29) is 19.3 Å². The molecule has 76 valence electrons. The maximum absolute atomic E-state index is 10.4. The second kappa shape index (κ2) is 5.16. The molecule has 0 aromatic heterocycles. The minimum Gasteiger partial charge on any atom is -0.395 e. The molecule has 0 bridgehead atoms. The SMILES string of the molecule is O=CN1CCN(C(CO)CO)CC1. The lowest BCUT2D eigenvalue weighted by atomic mass is 10.2. The Balaban J connectivity index is 2.34. The molecule has 0 aromatic rings. The molecule has 2 N–H and O–H groups in total. The van der Waals surface area contributed by atoms with Gasteiger partial charge in [-0.15, -0.1) is 0 Å². The van der Waals surface area contributed by atoms with E-state index in [1.807, 2.05) is 4.90 Å². The third-order valence-corrected chi connectivity index (χ3v) is 2.44. The highest BCUT2D eigenvalue weighted by Crippen LogP contribution is 2.04. The lowest BCUT2D eigenvalue weighted by molar-refractivity contribution is -0.120. The Kier molecular flexibility index (Phi) is 4.14. The number of amides is 1. The van der Waals surface area contributed by atoms with E-state index in [4.69, 9.17) is 10.2 Å². The molecule has 0 aliphatic carbocycles. The van der Waals surface area contributed by atoms with Gasteiger partial charge in [0.1, 0.15) is 0 Å². The van der Waals surface area contributed by atoms with Gasteiger partial charge in [-0.25, -0.2) is 0 Å². The average Bonchev–Trinajstić information content (AvgIpc) is 2.21. The first-order valence-electron chi connectivity index (χ1n) is 4.47. The summed E-state index contributed by atoms with van der Waals surface area (Å²) in [5.74, 6) is 0. The molecule has 1 fully saturated rings. The molecule has 0 unspecified atom stereocenters. The summed E-state index contributed by atoms with van der Waals surface area (Å²) in [6.45, 7) is 2.75. The van der Waals surface area contributed by atoms with Crippen molar-refractivity contribution in [3.05, 3.63) is 0 Å². The topological polar surface area (TPSA) is 64.0 Å². The summed E-state index contributed by atoms with van der Waals surface area (Å²) in [7, 11) is 0. The number of carbonyl (C=O) groups excluding carboxylic acids is 1. The molecule has 13 heavy (non-hydrogen) atoms. The summed E-state index contributed by atoms with van der Waals surface area (Å²) in [5, 5.41) is 17.8. The van der Waals surface area contributed by atoms with E-state index >= 15 is 0 Å². The van der Waals surface area contributed by atoms with Crippen molar-refractivity contribution in [1.82, 2.24) is 9.80 Å². The van der Waals surface area contributed by atoms with E-state index in [1.54, 1.807) is 4.90 Å². The van der Waals surface area contributed by atoms with Gasteiger partial charge >= 0.3 is 0 Å². The Morgan fingerprint density at radius 1 is 1.15 bits per heavy atom. The van der Waals surface area contributed by atoms with Gasteiger partial charge in [-0.2, -0.15) is 0 Å². The van der Waals surface area contributed by atoms with Crippen molar-refractivity contribution < 1.29 is 15.0 Å². The minimum atomic E-state index is -0.172. The summed E-state index contributed by atoms with van der Waals surface area (Å²) >= 11 is 0. The van der Waals surface area contributed by atoms with Crippen LogP contribution in [-0.4, -0.2) is 71.9 Å². The first-order valence-corrected chi connectivity index (χ1v) is 4.47. The van der Waals surface area contributed by atoms with Gasteiger partial charge in [-0.3, -0.25) is 9.69 Å². The molecule has 1 saturated heterocycles. The number of carbonyl (C=O) groups is 1. The Labute approximate surface area is 77.6 Å². The Hall–Kier alpha value is -0.650. The number of hydrogen-bond donors (Lipinski definition) is 2. The molecule has 1 aliphatic heterocycles. The predicted octanol–water partition coefficient (Wildman–Crippen LogP) is -1.89. The van der Waals surface area contributed by atoms with Crippen molar-refractivity contribution >= 4 is 6.41 Å². The van der Waals surface area contributed by atoms with Gasteiger partial charge in [-0.05, 0) is 0 Å². The van der Waals surface area contributed by atoms with E-state index in [1.165, 1.54) is 0 Å². The molecule has 0 radical (unpaired) electrons. The molecule has 0 saturated carbocycles. The van der Waals surface area contributed by atoms with Crippen LogP contribution >= 0.6 is 0 Å². The predicted molar refractivity (Wildman–Crippen MR) is 47.2 cm³/mol. The molecular weight excluding hydrogens is 172 g/mol. The lowest BCUT2D eigenvalue weighted by Crippen LogP contribution is -2.52. The number of nitrogens with zero attached hydrogens (tertiary/aromatic N) is 2. The van der Waals surface area contributed by atoms with Gasteiger partial charge < -0.3 is 15.1 Å². The van der Waals surface area contributed by atoms with Crippen LogP contribution in [0, 0.1) is 0 Å². The summed E-state index contributed by atoms with van der Waals surface area (Å²) in [4.78, 5) is 14.1. The van der Waals surface area contributed by atoms with E-state index in [2.05, 4.69) is 0 Å². The van der Waals surface area contributed by atoms with Crippen LogP contribution in [0.3, 0.4) is 0 Å². The van der Waals surface area contributed by atoms with Gasteiger partial charge in [0, 0.05) is 26.2 Å². The summed E-state index contributed by atoms with van der Waals surface area (Å²) in [6.07, 6.45) is 0.838. The number of hydrogen-bond acceptors (Lipinski definition) is 4. The molecule has 5 nitrogen and oxygen atoms in total. The lowest BCUT2D eigenvalue weighted by Gasteiger charge is -2.36. The molecule has 1 heterocycles. The fourth-order valence-corrected chi connectivity index (χ4v) is 1.50. The van der Waals surface area contributed by atoms with Crippen molar-refractivity contribution in [3.8, 4) is 0 Å². The van der Waals surface area contributed by atoms with Crippen molar-refractivity contribution in [2.75, 3.05) is 39.4 Å². The Bertz CT molecular complexity index is 153. The maximum Gasteiger partial charge on any atom is 0.209 e. The highest BCUT2D eigenvalue weighted by atomic mass is 16.3. The van der Waals surface area contributed by atoms with E-state index in [0.29, 0.717) is 13.1 Å². The summed E-state index contributed by atoms with van der Waals surface area (Å²) in [6, 6.07) is -0.172. The third-order valence-electron chi connectivity index (χ3n) is 2.44. The Morgan fingerprint density at radius 2 is 1.69 bits per heavy atom. The molecule has 0 atom stereocenters. The van der Waals surface area contributed by atoms with Crippen LogP contribution in [0.15, 0.2) is 0 Å². The van der Waals surface area contributed by atoms with Crippen LogP contribution in [-0.2, 0) is 4.79 Å². The van der Waals surface area contributed by atoms with Crippen LogP contribution in [0.2, 0.25) is 0 Å². The number of rotatable bonds is 4. The van der Waals surface area contributed by atoms with E-state index in [0.717, 1.165) is 19.5 Å². The standard InChI is InChI=1S/C8H16N2O3/c11-5-8(6-12)10-3-1-9(7-13)2-4-10/h7-8,11-12H,1-6H2. The normalized spacial score (nSPS) is 19.5. The Morgan fingerprint density at radius 3 is 2.08 bits per heavy atom. The van der Waals surface area contributed by atoms with Crippen LogP contribution in [0.5, 0.6) is 0 Å². The third kappa shape index (κ3) is 2.65. The number of piperazine rings is 1. The highest BCUT2D eigenvalue weighted by molar-refractivity contribution is 5.47. The molecule has 5 heteroatoms. The average molecular weight is 188 g/mol. The summed E-state index contributed by atoms with van der Waals surface area (Å²) in [5.41, 5.74) is 0. The van der Waals surface area contributed by atoms with E-state index in [9.17, 15) is 4.79 Å². The monoisotopic (exact) mass is 188 g/mol. The molecule has 1 amide bonds. The second-order valence-electron chi connectivity index (χ2n) is 3.20. The van der Waals surface area contributed by atoms with E-state index < -0.39 is 0 Å². The van der Waals surface area contributed by atoms with Crippen LogP contribution in [0.25, 0.3) is 0 Å². The quantitative estimate of drug-likeness (QED) is 0.506. The largest absolute Gasteiger partial charge is 0.395 e. The van der Waals surface area contributed by atoms with Gasteiger partial charge in [0.05, 0.1) is 19.3 Å². The zero-order valence-electron chi connectivity index (χ0n) is 7.59. The van der Waals surface area contributed by atoms with Crippen molar-refractivity contribution in [2.45, 2.75) is 6.04 Å². The van der Waals surface area contributed by atoms with Gasteiger partial charge in [-0.1, -0.05) is 0 Å². The summed E-state index contributed by atoms with van der Waals surface area (Å²) < 4.78 is 0. The van der Waals surface area contributed by atoms with Crippen molar-refractivity contribution in [1.29, 1.82) is 0 Å². The fraction of sp³-hybridized carbons (Fsp3) is 0.875. The van der Waals surface area contributed by atoms with Crippen LogP contribution in [0.4, 0.5) is 0 Å². The number of aliphatic hydroxyl groups is 2. The zero-order chi connectivity index (χ0) is 9.68. The maximum atomic E-state index is 10.4. The smallest absolute Gasteiger partial charge is 0.209 e. The van der Waals surface area contributed by atoms with Gasteiger partial charge in [0.15, 0.2) is 0 Å². The zero-order valence-corrected chi connectivity index (χ0v) is 7.59. The van der Waals surface area contributed by atoms with Crippen LogP contribution in [0.1, 0.15) is 0 Å². The first kappa shape index (κ1) is 10.4. The first-order chi connectivity index (χ1) is 6.31. The van der Waals surface area contributed by atoms with Gasteiger partial charge in [0.2, 0.25) is 6.41 Å². The van der Waals surface area contributed by atoms with Crippen LogP contribution < -0.4 is 0 Å². The molecule has 0 aromatic carbocycles. The second-order valence-corrected chi connectivity index (χ2v) is 3.20. The minimum absolute atomic E-state index is 0.0302. The van der Waals surface area contributed by atoms with Crippen molar-refractivity contribution in [3.63, 3.8) is 0 Å². The molecule has 1 rings (SSSR count). The fourth-order valence-electron chi connectivity index (χ4n) is 1.50. The van der Waals surface area contributed by atoms with Crippen molar-refractivity contribution in [2.24, 2.45) is 0 Å². The molecule has 0 spiro atoms.